The molecule has 0 unspecified atom stereocenters. The van der Waals surface area contributed by atoms with E-state index in [1.165, 1.54) is 13.2 Å². The van der Waals surface area contributed by atoms with Gasteiger partial charge in [-0.05, 0) is 30.5 Å². The van der Waals surface area contributed by atoms with E-state index in [4.69, 9.17) is 34.8 Å². The van der Waals surface area contributed by atoms with Gasteiger partial charge in [0.1, 0.15) is 0 Å². The number of aromatic nitrogens is 1. The molecule has 1 fully saturated rings. The van der Waals surface area contributed by atoms with Gasteiger partial charge in [0, 0.05) is 5.56 Å². The fourth-order valence-electron chi connectivity index (χ4n) is 2.49. The number of benzene rings is 1. The third-order valence-corrected chi connectivity index (χ3v) is 4.94. The number of ether oxygens (including phenoxy) is 1. The number of hydrogen-bond acceptors (Lipinski definition) is 4. The highest BCUT2D eigenvalue weighted by Crippen LogP contribution is 2.49. The van der Waals surface area contributed by atoms with Gasteiger partial charge < -0.3 is 4.74 Å². The van der Waals surface area contributed by atoms with Gasteiger partial charge in [-0.3, -0.25) is 0 Å². The third kappa shape index (κ3) is 2.84. The summed E-state index contributed by atoms with van der Waals surface area (Å²) in [6, 6.07) is 9.09. The Morgan fingerprint density at radius 1 is 1.21 bits per heavy atom. The Bertz CT molecular complexity index is 886. The largest absolute Gasteiger partial charge is 0.464 e. The first-order valence-corrected chi connectivity index (χ1v) is 8.21. The Morgan fingerprint density at radius 3 is 2.46 bits per heavy atom. The number of nitriles is 1. The monoisotopic (exact) mass is 380 g/mol. The first-order chi connectivity index (χ1) is 11.4. The van der Waals surface area contributed by atoms with Crippen molar-refractivity contribution >= 4 is 40.8 Å². The second kappa shape index (κ2) is 6.25. The minimum Gasteiger partial charge on any atom is -0.464 e. The van der Waals surface area contributed by atoms with Crippen LogP contribution in [0.15, 0.2) is 24.3 Å². The van der Waals surface area contributed by atoms with E-state index in [1.54, 1.807) is 12.1 Å². The number of rotatable bonds is 3. The van der Waals surface area contributed by atoms with Crippen molar-refractivity contribution in [3.8, 4) is 17.3 Å². The normalized spacial score (nSPS) is 14.8. The molecule has 0 spiro atoms. The van der Waals surface area contributed by atoms with Crippen LogP contribution in [0.25, 0.3) is 11.3 Å². The zero-order chi connectivity index (χ0) is 17.5. The molecule has 1 aliphatic rings. The second-order valence-electron chi connectivity index (χ2n) is 5.53. The van der Waals surface area contributed by atoms with Crippen molar-refractivity contribution in [2.24, 2.45) is 0 Å². The van der Waals surface area contributed by atoms with E-state index >= 15 is 0 Å². The molecule has 3 rings (SSSR count). The SMILES string of the molecule is COC(=O)c1nc(-c2ccc(C3(C#N)CC3)cc2Cl)c(Cl)cc1Cl. The van der Waals surface area contributed by atoms with Crippen molar-refractivity contribution in [1.82, 2.24) is 4.98 Å². The highest BCUT2D eigenvalue weighted by Gasteiger charge is 2.45. The minimum atomic E-state index is -0.660. The molecule has 1 heterocycles. The molecule has 0 bridgehead atoms. The van der Waals surface area contributed by atoms with Crippen LogP contribution in [0.5, 0.6) is 0 Å². The zero-order valence-corrected chi connectivity index (χ0v) is 14.8. The van der Waals surface area contributed by atoms with E-state index in [1.807, 2.05) is 6.07 Å². The molecule has 2 aromatic rings. The van der Waals surface area contributed by atoms with Gasteiger partial charge in [0.15, 0.2) is 5.69 Å². The first kappa shape index (κ1) is 17.0. The lowest BCUT2D eigenvalue weighted by Crippen LogP contribution is -2.07. The summed E-state index contributed by atoms with van der Waals surface area (Å²) in [5.74, 6) is -0.660. The lowest BCUT2D eigenvalue weighted by Gasteiger charge is -2.12. The van der Waals surface area contributed by atoms with Crippen molar-refractivity contribution < 1.29 is 9.53 Å². The zero-order valence-electron chi connectivity index (χ0n) is 12.6. The number of pyridine rings is 1. The van der Waals surface area contributed by atoms with Crippen LogP contribution in [0.2, 0.25) is 15.1 Å². The Kier molecular flexibility index (Phi) is 4.44. The predicted octanol–water partition coefficient (Wildman–Crippen LogP) is 5.05. The van der Waals surface area contributed by atoms with Crippen molar-refractivity contribution in [3.63, 3.8) is 0 Å². The lowest BCUT2D eigenvalue weighted by atomic mass is 9.96. The molecule has 7 heteroatoms. The van der Waals surface area contributed by atoms with Crippen LogP contribution in [0.3, 0.4) is 0 Å². The van der Waals surface area contributed by atoms with Crippen molar-refractivity contribution in [2.75, 3.05) is 7.11 Å². The molecule has 0 aliphatic heterocycles. The molecular weight excluding hydrogens is 371 g/mol. The number of carbonyl (C=O) groups excluding carboxylic acids is 1. The summed E-state index contributed by atoms with van der Waals surface area (Å²) in [6.45, 7) is 0. The molecule has 1 aromatic carbocycles. The van der Waals surface area contributed by atoms with Gasteiger partial charge in [0.25, 0.3) is 0 Å². The highest BCUT2D eigenvalue weighted by atomic mass is 35.5. The molecule has 122 valence electrons. The second-order valence-corrected chi connectivity index (χ2v) is 6.75. The average molecular weight is 382 g/mol. The maximum absolute atomic E-state index is 11.8. The summed E-state index contributed by atoms with van der Waals surface area (Å²) < 4.78 is 4.67. The quantitative estimate of drug-likeness (QED) is 0.698. The van der Waals surface area contributed by atoms with E-state index in [-0.39, 0.29) is 15.7 Å². The van der Waals surface area contributed by atoms with Crippen molar-refractivity contribution in [1.29, 1.82) is 5.26 Å². The topological polar surface area (TPSA) is 63.0 Å². The molecule has 24 heavy (non-hydrogen) atoms. The van der Waals surface area contributed by atoms with Crippen LogP contribution in [0.1, 0.15) is 28.9 Å². The first-order valence-electron chi connectivity index (χ1n) is 7.08. The molecule has 1 aliphatic carbocycles. The molecule has 0 amide bonds. The van der Waals surface area contributed by atoms with Crippen LogP contribution < -0.4 is 0 Å². The lowest BCUT2D eigenvalue weighted by molar-refractivity contribution is 0.0594. The summed E-state index contributed by atoms with van der Waals surface area (Å²) in [5.41, 5.74) is 1.29. The Balaban J connectivity index is 2.09. The standard InChI is InChI=1S/C17H11Cl3N2O2/c1-24-16(23)15-13(20)7-12(19)14(22-15)10-3-2-9(6-11(10)18)17(8-21)4-5-17/h2-3,6-7H,4-5H2,1H3. The highest BCUT2D eigenvalue weighted by molar-refractivity contribution is 6.38. The average Bonchev–Trinajstić information content (AvgIpc) is 3.36. The van der Waals surface area contributed by atoms with E-state index < -0.39 is 11.4 Å². The Hall–Kier alpha value is -1.80. The van der Waals surface area contributed by atoms with Crippen molar-refractivity contribution in [3.05, 3.63) is 50.6 Å². The number of methoxy groups -OCH3 is 1. The molecular formula is C17H11Cl3N2O2. The predicted molar refractivity (Wildman–Crippen MR) is 92.6 cm³/mol. The molecule has 0 atom stereocenters. The fraction of sp³-hybridized carbons (Fsp3) is 0.235. The van der Waals surface area contributed by atoms with Gasteiger partial charge in [0.2, 0.25) is 0 Å². The van der Waals surface area contributed by atoms with Gasteiger partial charge in [-0.15, -0.1) is 0 Å². The summed E-state index contributed by atoms with van der Waals surface area (Å²) in [6.07, 6.45) is 1.65. The molecule has 0 radical (unpaired) electrons. The molecule has 4 nitrogen and oxygen atoms in total. The molecule has 0 N–H and O–H groups in total. The van der Waals surface area contributed by atoms with E-state index in [0.717, 1.165) is 18.4 Å². The van der Waals surface area contributed by atoms with Crippen LogP contribution in [0, 0.1) is 11.3 Å². The summed E-state index contributed by atoms with van der Waals surface area (Å²) in [5, 5.41) is 10.1. The van der Waals surface area contributed by atoms with Gasteiger partial charge in [-0.2, -0.15) is 5.26 Å². The van der Waals surface area contributed by atoms with Crippen LogP contribution in [-0.2, 0) is 10.2 Å². The fourth-order valence-corrected chi connectivity index (χ4v) is 3.30. The van der Waals surface area contributed by atoms with Crippen LogP contribution in [-0.4, -0.2) is 18.1 Å². The van der Waals surface area contributed by atoms with E-state index in [2.05, 4.69) is 15.8 Å². The summed E-state index contributed by atoms with van der Waals surface area (Å²) in [7, 11) is 1.24. The van der Waals surface area contributed by atoms with Crippen LogP contribution in [0.4, 0.5) is 0 Å². The number of carbonyl (C=O) groups is 1. The summed E-state index contributed by atoms with van der Waals surface area (Å²) >= 11 is 18.6. The third-order valence-electron chi connectivity index (χ3n) is 4.05. The van der Waals surface area contributed by atoms with Gasteiger partial charge in [0.05, 0.1) is 39.4 Å². The summed E-state index contributed by atoms with van der Waals surface area (Å²) in [4.78, 5) is 16.0. The molecule has 1 saturated carbocycles. The van der Waals surface area contributed by atoms with Gasteiger partial charge in [-0.1, -0.05) is 46.9 Å². The smallest absolute Gasteiger partial charge is 0.358 e. The molecule has 1 aromatic heterocycles. The number of nitrogens with zero attached hydrogens (tertiary/aromatic N) is 2. The number of hydrogen-bond donors (Lipinski definition) is 0. The maximum atomic E-state index is 11.8. The Morgan fingerprint density at radius 2 is 1.92 bits per heavy atom. The molecule has 0 saturated heterocycles. The number of halogens is 3. The Labute approximate surface area is 153 Å². The maximum Gasteiger partial charge on any atom is 0.358 e. The van der Waals surface area contributed by atoms with Gasteiger partial charge in [-0.25, -0.2) is 9.78 Å². The van der Waals surface area contributed by atoms with E-state index in [0.29, 0.717) is 16.3 Å². The van der Waals surface area contributed by atoms with Crippen molar-refractivity contribution in [2.45, 2.75) is 18.3 Å². The van der Waals surface area contributed by atoms with Crippen LogP contribution >= 0.6 is 34.8 Å². The number of esters is 1. The van der Waals surface area contributed by atoms with Gasteiger partial charge >= 0.3 is 5.97 Å². The van der Waals surface area contributed by atoms with E-state index in [9.17, 15) is 10.1 Å². The minimum absolute atomic E-state index is 0.0330.